The highest BCUT2D eigenvalue weighted by atomic mass is 32.2. The Morgan fingerprint density at radius 3 is 2.91 bits per heavy atom. The summed E-state index contributed by atoms with van der Waals surface area (Å²) in [5, 5.41) is 0. The Morgan fingerprint density at radius 1 is 1.64 bits per heavy atom. The number of rotatable bonds is 3. The van der Waals surface area contributed by atoms with E-state index in [1.165, 1.54) is 5.82 Å². The molecule has 0 amide bonds. The molecule has 0 aliphatic carbocycles. The van der Waals surface area contributed by atoms with Crippen molar-refractivity contribution in [1.29, 1.82) is 0 Å². The molecule has 1 aromatic heterocycles. The molecule has 0 aliphatic heterocycles. The molecule has 3 heteroatoms. The third kappa shape index (κ3) is 1.77. The Balaban J connectivity index is 2.86. The van der Waals surface area contributed by atoms with Crippen molar-refractivity contribution in [1.82, 2.24) is 4.57 Å². The Bertz CT molecular complexity index is 230. The third-order valence-electron chi connectivity index (χ3n) is 1.79. The van der Waals surface area contributed by atoms with E-state index in [1.807, 2.05) is 11.8 Å². The molecular formula is C8H15N2S+. The first-order chi connectivity index (χ1) is 5.29. The predicted molar refractivity (Wildman–Crippen MR) is 48.5 cm³/mol. The number of aryl methyl sites for hydroxylation is 1. The molecule has 0 unspecified atom stereocenters. The molecule has 0 saturated carbocycles. The molecular weight excluding hydrogens is 156 g/mol. The van der Waals surface area contributed by atoms with E-state index in [9.17, 15) is 0 Å². The molecule has 1 aromatic rings. The van der Waals surface area contributed by atoms with Crippen molar-refractivity contribution >= 4 is 11.8 Å². The molecule has 0 aliphatic rings. The average molecular weight is 171 g/mol. The summed E-state index contributed by atoms with van der Waals surface area (Å²) < 4.78 is 4.46. The maximum absolute atomic E-state index is 2.28. The highest BCUT2D eigenvalue weighted by molar-refractivity contribution is 7.97. The van der Waals surface area contributed by atoms with Crippen molar-refractivity contribution in [2.24, 2.45) is 7.05 Å². The zero-order valence-corrected chi connectivity index (χ0v) is 8.19. The fraction of sp³-hybridized carbons (Fsp3) is 0.625. The van der Waals surface area contributed by atoms with Crippen LogP contribution in [0.2, 0.25) is 0 Å². The van der Waals surface area contributed by atoms with E-state index < -0.39 is 0 Å². The molecule has 0 bridgehead atoms. The third-order valence-corrected chi connectivity index (χ3v) is 2.33. The van der Waals surface area contributed by atoms with Crippen LogP contribution in [-0.2, 0) is 19.3 Å². The van der Waals surface area contributed by atoms with Gasteiger partial charge in [-0.05, 0) is 6.26 Å². The second-order valence-corrected chi connectivity index (χ2v) is 3.40. The summed E-state index contributed by atoms with van der Waals surface area (Å²) in [4.78, 5) is 0. The van der Waals surface area contributed by atoms with E-state index in [4.69, 9.17) is 0 Å². The lowest BCUT2D eigenvalue weighted by Gasteiger charge is -1.96. The number of aromatic nitrogens is 2. The van der Waals surface area contributed by atoms with Crippen molar-refractivity contribution in [2.75, 3.05) is 6.26 Å². The first-order valence-corrected chi connectivity index (χ1v) is 5.21. The lowest BCUT2D eigenvalue weighted by Crippen LogP contribution is -2.31. The highest BCUT2D eigenvalue weighted by Gasteiger charge is 2.09. The van der Waals surface area contributed by atoms with Gasteiger partial charge < -0.3 is 0 Å². The Hall–Kier alpha value is -0.440. The predicted octanol–water partition coefficient (Wildman–Crippen LogP) is 1.20. The summed E-state index contributed by atoms with van der Waals surface area (Å²) in [5.41, 5.74) is 0. The van der Waals surface area contributed by atoms with Crippen molar-refractivity contribution < 1.29 is 4.57 Å². The van der Waals surface area contributed by atoms with Crippen LogP contribution in [-0.4, -0.2) is 10.8 Å². The molecule has 0 aromatic carbocycles. The molecule has 0 radical (unpaired) electrons. The van der Waals surface area contributed by atoms with E-state index in [-0.39, 0.29) is 0 Å². The van der Waals surface area contributed by atoms with Crippen LogP contribution in [0.3, 0.4) is 0 Å². The summed E-state index contributed by atoms with van der Waals surface area (Å²) in [5.74, 6) is 2.45. The van der Waals surface area contributed by atoms with Gasteiger partial charge in [-0.1, -0.05) is 6.92 Å². The van der Waals surface area contributed by atoms with Crippen LogP contribution < -0.4 is 4.57 Å². The minimum absolute atomic E-state index is 1.06. The summed E-state index contributed by atoms with van der Waals surface area (Å²) >= 11 is 1.85. The summed E-state index contributed by atoms with van der Waals surface area (Å²) in [7, 11) is 2.09. The minimum Gasteiger partial charge on any atom is -0.237 e. The Kier molecular flexibility index (Phi) is 3.00. The second-order valence-electron chi connectivity index (χ2n) is 2.57. The topological polar surface area (TPSA) is 8.81 Å². The number of hydrogen-bond acceptors (Lipinski definition) is 1. The normalized spacial score (nSPS) is 10.5. The van der Waals surface area contributed by atoms with Gasteiger partial charge in [-0.3, -0.25) is 0 Å². The van der Waals surface area contributed by atoms with Crippen molar-refractivity contribution in [2.45, 2.75) is 19.2 Å². The monoisotopic (exact) mass is 171 g/mol. The zero-order valence-electron chi connectivity index (χ0n) is 7.37. The van der Waals surface area contributed by atoms with E-state index in [0.717, 1.165) is 12.3 Å². The van der Waals surface area contributed by atoms with Crippen LogP contribution >= 0.6 is 11.8 Å². The smallest absolute Gasteiger partial charge is 0.237 e. The van der Waals surface area contributed by atoms with Gasteiger partial charge in [-0.25, -0.2) is 9.13 Å². The van der Waals surface area contributed by atoms with Gasteiger partial charge in [-0.2, -0.15) is 0 Å². The molecule has 0 atom stereocenters. The van der Waals surface area contributed by atoms with Gasteiger partial charge in [0, 0.05) is 6.42 Å². The van der Waals surface area contributed by atoms with Crippen LogP contribution in [0.25, 0.3) is 0 Å². The maximum atomic E-state index is 2.28. The van der Waals surface area contributed by atoms with Crippen LogP contribution in [0.1, 0.15) is 12.7 Å². The summed E-state index contributed by atoms with van der Waals surface area (Å²) in [6.07, 6.45) is 7.47. The van der Waals surface area contributed by atoms with Crippen LogP contribution in [0, 0.1) is 0 Å². The largest absolute Gasteiger partial charge is 0.256 e. The van der Waals surface area contributed by atoms with E-state index in [0.29, 0.717) is 0 Å². The van der Waals surface area contributed by atoms with Crippen molar-refractivity contribution in [3.8, 4) is 0 Å². The van der Waals surface area contributed by atoms with Gasteiger partial charge in [0.2, 0.25) is 0 Å². The first-order valence-electron chi connectivity index (χ1n) is 3.82. The lowest BCUT2D eigenvalue weighted by molar-refractivity contribution is -0.678. The fourth-order valence-corrected chi connectivity index (χ4v) is 1.78. The van der Waals surface area contributed by atoms with E-state index in [2.05, 4.69) is 41.8 Å². The van der Waals surface area contributed by atoms with Gasteiger partial charge in [0.25, 0.3) is 5.82 Å². The molecule has 0 saturated heterocycles. The number of hydrogen-bond donors (Lipinski definition) is 0. The molecule has 0 spiro atoms. The summed E-state index contributed by atoms with van der Waals surface area (Å²) in [6.45, 7) is 2.19. The van der Waals surface area contributed by atoms with Gasteiger partial charge in [0.15, 0.2) is 0 Å². The zero-order chi connectivity index (χ0) is 8.27. The average Bonchev–Trinajstić information content (AvgIpc) is 2.33. The maximum Gasteiger partial charge on any atom is 0.256 e. The van der Waals surface area contributed by atoms with Crippen LogP contribution in [0.4, 0.5) is 0 Å². The molecule has 11 heavy (non-hydrogen) atoms. The quantitative estimate of drug-likeness (QED) is 0.621. The molecule has 2 nitrogen and oxygen atoms in total. The van der Waals surface area contributed by atoms with E-state index >= 15 is 0 Å². The molecule has 62 valence electrons. The number of imidazole rings is 1. The van der Waals surface area contributed by atoms with Gasteiger partial charge >= 0.3 is 0 Å². The Labute approximate surface area is 72.2 Å². The van der Waals surface area contributed by atoms with E-state index in [1.54, 1.807) is 0 Å². The van der Waals surface area contributed by atoms with Gasteiger partial charge in [0.05, 0.1) is 7.05 Å². The van der Waals surface area contributed by atoms with Crippen molar-refractivity contribution in [3.63, 3.8) is 0 Å². The van der Waals surface area contributed by atoms with Crippen LogP contribution in [0.15, 0.2) is 12.4 Å². The standard InChI is InChI=1S/C8H15N2S/c1-4-8-9(2)5-6-10(8)7-11-3/h5-6H,4,7H2,1-3H3/q+1. The molecule has 0 fully saturated rings. The molecule has 1 rings (SSSR count). The first kappa shape index (κ1) is 8.65. The van der Waals surface area contributed by atoms with Gasteiger partial charge in [0.1, 0.15) is 18.3 Å². The van der Waals surface area contributed by atoms with Crippen LogP contribution in [0.5, 0.6) is 0 Å². The van der Waals surface area contributed by atoms with Crippen molar-refractivity contribution in [3.05, 3.63) is 18.2 Å². The summed E-state index contributed by atoms with van der Waals surface area (Å²) in [6, 6.07) is 0. The number of nitrogens with zero attached hydrogens (tertiary/aromatic N) is 2. The number of thioether (sulfide) groups is 1. The van der Waals surface area contributed by atoms with Gasteiger partial charge in [-0.15, -0.1) is 11.8 Å². The fourth-order valence-electron chi connectivity index (χ4n) is 1.26. The highest BCUT2D eigenvalue weighted by Crippen LogP contribution is 2.02. The SMILES string of the molecule is CCc1n(CSC)cc[n+]1C. The minimum atomic E-state index is 1.06. The molecule has 1 heterocycles. The Morgan fingerprint density at radius 2 is 2.36 bits per heavy atom. The second kappa shape index (κ2) is 3.81. The lowest BCUT2D eigenvalue weighted by atomic mass is 10.4. The molecule has 0 N–H and O–H groups in total.